The molecule has 1 N–H and O–H groups in total. The van der Waals surface area contributed by atoms with Gasteiger partial charge in [-0.2, -0.15) is 5.26 Å². The van der Waals surface area contributed by atoms with Gasteiger partial charge in [-0.3, -0.25) is 0 Å². The number of piperidine rings is 1. The quantitative estimate of drug-likeness (QED) is 0.697. The van der Waals surface area contributed by atoms with Crippen molar-refractivity contribution in [2.45, 2.75) is 18.9 Å². The van der Waals surface area contributed by atoms with Crippen LogP contribution in [-0.4, -0.2) is 31.1 Å². The summed E-state index contributed by atoms with van der Waals surface area (Å²) in [6.07, 6.45) is 9.94. The summed E-state index contributed by atoms with van der Waals surface area (Å²) >= 11 is 0. The van der Waals surface area contributed by atoms with Crippen molar-refractivity contribution in [3.05, 3.63) is 24.4 Å². The molecule has 2 aliphatic rings. The molecular formula is C12H17N3. The zero-order chi connectivity index (χ0) is 10.7. The molecule has 0 aromatic carbocycles. The third-order valence-electron chi connectivity index (χ3n) is 3.48. The highest BCUT2D eigenvalue weighted by Crippen LogP contribution is 2.35. The van der Waals surface area contributed by atoms with Crippen LogP contribution in [-0.2, 0) is 0 Å². The largest absolute Gasteiger partial charge is 0.383 e. The number of hydrogen-bond acceptors (Lipinski definition) is 3. The summed E-state index contributed by atoms with van der Waals surface area (Å²) < 4.78 is 0. The molecule has 0 saturated carbocycles. The zero-order valence-electron chi connectivity index (χ0n) is 9.11. The highest BCUT2D eigenvalue weighted by atomic mass is 15.1. The molecule has 0 aromatic heterocycles. The van der Waals surface area contributed by atoms with Gasteiger partial charge in [-0.15, -0.1) is 0 Å². The molecule has 3 heteroatoms. The van der Waals surface area contributed by atoms with E-state index in [1.54, 1.807) is 0 Å². The van der Waals surface area contributed by atoms with Crippen molar-refractivity contribution < 1.29 is 0 Å². The fourth-order valence-electron chi connectivity index (χ4n) is 2.30. The Morgan fingerprint density at radius 3 is 2.67 bits per heavy atom. The third kappa shape index (κ3) is 1.91. The van der Waals surface area contributed by atoms with Crippen LogP contribution in [0.4, 0.5) is 0 Å². The number of dihydropyridines is 1. The van der Waals surface area contributed by atoms with Crippen LogP contribution >= 0.6 is 0 Å². The summed E-state index contributed by atoms with van der Waals surface area (Å²) in [5.41, 5.74) is -0.215. The minimum absolute atomic E-state index is 0.182. The SMILES string of the molecule is CN1CCC(C#N)(C2C=CC=CN2)CC1. The lowest BCUT2D eigenvalue weighted by Crippen LogP contribution is -2.48. The van der Waals surface area contributed by atoms with Gasteiger partial charge in [0.25, 0.3) is 0 Å². The van der Waals surface area contributed by atoms with Crippen LogP contribution < -0.4 is 5.32 Å². The van der Waals surface area contributed by atoms with E-state index in [9.17, 15) is 5.26 Å². The molecule has 0 radical (unpaired) electrons. The average Bonchev–Trinajstić information content (AvgIpc) is 2.32. The Labute approximate surface area is 91.1 Å². The average molecular weight is 203 g/mol. The van der Waals surface area contributed by atoms with Gasteiger partial charge in [-0.25, -0.2) is 0 Å². The normalized spacial score (nSPS) is 29.5. The van der Waals surface area contributed by atoms with E-state index in [0.29, 0.717) is 0 Å². The van der Waals surface area contributed by atoms with Crippen molar-refractivity contribution in [2.24, 2.45) is 5.41 Å². The maximum atomic E-state index is 9.41. The van der Waals surface area contributed by atoms with Crippen LogP contribution in [0, 0.1) is 16.7 Å². The molecule has 1 saturated heterocycles. The fourth-order valence-corrected chi connectivity index (χ4v) is 2.30. The summed E-state index contributed by atoms with van der Waals surface area (Å²) in [6.45, 7) is 2.03. The van der Waals surface area contributed by atoms with Gasteiger partial charge in [-0.1, -0.05) is 12.2 Å². The molecule has 3 nitrogen and oxygen atoms in total. The first kappa shape index (κ1) is 10.3. The fraction of sp³-hybridized carbons (Fsp3) is 0.583. The highest BCUT2D eigenvalue weighted by molar-refractivity contribution is 5.21. The van der Waals surface area contributed by atoms with Crippen LogP contribution in [0.1, 0.15) is 12.8 Å². The Morgan fingerprint density at radius 2 is 2.13 bits per heavy atom. The number of nitriles is 1. The lowest BCUT2D eigenvalue weighted by atomic mass is 9.73. The van der Waals surface area contributed by atoms with Gasteiger partial charge in [0.2, 0.25) is 0 Å². The van der Waals surface area contributed by atoms with E-state index in [-0.39, 0.29) is 11.5 Å². The molecule has 2 aliphatic heterocycles. The predicted molar refractivity (Wildman–Crippen MR) is 60.0 cm³/mol. The molecule has 15 heavy (non-hydrogen) atoms. The molecule has 1 fully saturated rings. The molecule has 0 bridgehead atoms. The second-order valence-corrected chi connectivity index (χ2v) is 4.46. The van der Waals surface area contributed by atoms with E-state index >= 15 is 0 Å². The molecular weight excluding hydrogens is 186 g/mol. The Kier molecular flexibility index (Phi) is 2.79. The summed E-state index contributed by atoms with van der Waals surface area (Å²) in [5.74, 6) is 0. The lowest BCUT2D eigenvalue weighted by Gasteiger charge is -2.40. The van der Waals surface area contributed by atoms with E-state index < -0.39 is 0 Å². The van der Waals surface area contributed by atoms with Crippen LogP contribution in [0.15, 0.2) is 24.4 Å². The monoisotopic (exact) mass is 203 g/mol. The van der Waals surface area contributed by atoms with E-state index in [4.69, 9.17) is 0 Å². The zero-order valence-corrected chi connectivity index (χ0v) is 9.11. The summed E-state index contributed by atoms with van der Waals surface area (Å²) in [6, 6.07) is 2.72. The first-order valence-electron chi connectivity index (χ1n) is 5.46. The van der Waals surface area contributed by atoms with Gasteiger partial charge >= 0.3 is 0 Å². The first-order chi connectivity index (χ1) is 7.27. The maximum Gasteiger partial charge on any atom is 0.0834 e. The Morgan fingerprint density at radius 1 is 1.40 bits per heavy atom. The molecule has 0 amide bonds. The molecule has 1 atom stereocenters. The molecule has 0 aromatic rings. The van der Waals surface area contributed by atoms with Gasteiger partial charge in [0.05, 0.1) is 17.5 Å². The Balaban J connectivity index is 2.12. The van der Waals surface area contributed by atoms with Crippen LogP contribution in [0.5, 0.6) is 0 Å². The molecule has 80 valence electrons. The van der Waals surface area contributed by atoms with Crippen molar-refractivity contribution in [1.29, 1.82) is 5.26 Å². The smallest absolute Gasteiger partial charge is 0.0834 e. The van der Waals surface area contributed by atoms with Crippen molar-refractivity contribution in [1.82, 2.24) is 10.2 Å². The number of allylic oxidation sites excluding steroid dienone is 2. The van der Waals surface area contributed by atoms with E-state index in [0.717, 1.165) is 25.9 Å². The van der Waals surface area contributed by atoms with Gasteiger partial charge in [-0.05, 0) is 45.3 Å². The first-order valence-corrected chi connectivity index (χ1v) is 5.46. The van der Waals surface area contributed by atoms with Crippen LogP contribution in [0.25, 0.3) is 0 Å². The van der Waals surface area contributed by atoms with Crippen molar-refractivity contribution in [3.8, 4) is 6.07 Å². The molecule has 2 heterocycles. The van der Waals surface area contributed by atoms with Gasteiger partial charge in [0.1, 0.15) is 0 Å². The number of nitrogens with one attached hydrogen (secondary N) is 1. The van der Waals surface area contributed by atoms with Gasteiger partial charge in [0, 0.05) is 0 Å². The van der Waals surface area contributed by atoms with Crippen molar-refractivity contribution >= 4 is 0 Å². The number of nitrogens with zero attached hydrogens (tertiary/aromatic N) is 2. The minimum Gasteiger partial charge on any atom is -0.383 e. The molecule has 2 rings (SSSR count). The lowest BCUT2D eigenvalue weighted by molar-refractivity contribution is 0.150. The Hall–Kier alpha value is -1.27. The maximum absolute atomic E-state index is 9.41. The standard InChI is InChI=1S/C12H17N3/c1-15-8-5-12(10-13,6-9-15)11-4-2-3-7-14-11/h2-4,7,11,14H,5-6,8-9H2,1H3. The summed E-state index contributed by atoms with van der Waals surface area (Å²) in [5, 5.41) is 12.7. The van der Waals surface area contributed by atoms with E-state index in [2.05, 4.69) is 29.4 Å². The molecule has 0 spiro atoms. The van der Waals surface area contributed by atoms with Crippen molar-refractivity contribution in [2.75, 3.05) is 20.1 Å². The van der Waals surface area contributed by atoms with Crippen LogP contribution in [0.3, 0.4) is 0 Å². The van der Waals surface area contributed by atoms with Gasteiger partial charge in [0.15, 0.2) is 0 Å². The Bertz CT molecular complexity index is 316. The van der Waals surface area contributed by atoms with Crippen molar-refractivity contribution in [3.63, 3.8) is 0 Å². The molecule has 1 unspecified atom stereocenters. The summed E-state index contributed by atoms with van der Waals surface area (Å²) in [4.78, 5) is 2.29. The number of hydrogen-bond donors (Lipinski definition) is 1. The third-order valence-corrected chi connectivity index (χ3v) is 3.48. The topological polar surface area (TPSA) is 39.1 Å². The second-order valence-electron chi connectivity index (χ2n) is 4.46. The molecule has 0 aliphatic carbocycles. The van der Waals surface area contributed by atoms with E-state index in [1.165, 1.54) is 0 Å². The second kappa shape index (κ2) is 4.08. The van der Waals surface area contributed by atoms with E-state index in [1.807, 2.05) is 18.4 Å². The number of likely N-dealkylation sites (tertiary alicyclic amines) is 1. The number of rotatable bonds is 1. The summed E-state index contributed by atoms with van der Waals surface area (Å²) in [7, 11) is 2.12. The van der Waals surface area contributed by atoms with Crippen LogP contribution in [0.2, 0.25) is 0 Å². The minimum atomic E-state index is -0.215. The predicted octanol–water partition coefficient (Wildman–Crippen LogP) is 1.26. The van der Waals surface area contributed by atoms with Gasteiger partial charge < -0.3 is 10.2 Å². The highest BCUT2D eigenvalue weighted by Gasteiger charge is 2.40.